The van der Waals surface area contributed by atoms with E-state index in [1.165, 1.54) is 31.4 Å². The molecule has 0 bridgehead atoms. The molecule has 0 unspecified atom stereocenters. The van der Waals surface area contributed by atoms with Crippen LogP contribution in [0.25, 0.3) is 0 Å². The van der Waals surface area contributed by atoms with E-state index in [2.05, 4.69) is 11.9 Å². The first-order valence-electron chi connectivity index (χ1n) is 9.79. The van der Waals surface area contributed by atoms with Crippen molar-refractivity contribution in [1.29, 1.82) is 0 Å². The fourth-order valence-electron chi connectivity index (χ4n) is 3.35. The average Bonchev–Trinajstić information content (AvgIpc) is 2.78. The second kappa shape index (κ2) is 9.91. The molecule has 2 aromatic rings. The predicted octanol–water partition coefficient (Wildman–Crippen LogP) is 3.43. The molecule has 1 N–H and O–H groups in total. The molecule has 7 heteroatoms. The molecular formula is C23H25FN2O4. The van der Waals surface area contributed by atoms with Crippen LogP contribution in [-0.4, -0.2) is 49.6 Å². The second-order valence-corrected chi connectivity index (χ2v) is 7.01. The van der Waals surface area contributed by atoms with E-state index < -0.39 is 0 Å². The van der Waals surface area contributed by atoms with Crippen molar-refractivity contribution < 1.29 is 23.5 Å². The third-order valence-corrected chi connectivity index (χ3v) is 4.99. The van der Waals surface area contributed by atoms with Gasteiger partial charge in [-0.25, -0.2) is 4.39 Å². The van der Waals surface area contributed by atoms with Crippen molar-refractivity contribution in [3.05, 3.63) is 72.1 Å². The number of hydrogen-bond donors (Lipinski definition) is 1. The Morgan fingerprint density at radius 1 is 1.13 bits per heavy atom. The molecule has 0 spiro atoms. The van der Waals surface area contributed by atoms with Crippen molar-refractivity contribution >= 4 is 11.8 Å². The van der Waals surface area contributed by atoms with Crippen molar-refractivity contribution in [2.75, 3.05) is 26.8 Å². The van der Waals surface area contributed by atoms with E-state index in [0.717, 1.165) is 0 Å². The molecule has 0 atom stereocenters. The van der Waals surface area contributed by atoms with E-state index >= 15 is 0 Å². The summed E-state index contributed by atoms with van der Waals surface area (Å²) in [5.41, 5.74) is 0.937. The molecule has 0 aromatic heterocycles. The molecule has 1 heterocycles. The summed E-state index contributed by atoms with van der Waals surface area (Å²) in [7, 11) is 1.53. The number of hydrogen-bond acceptors (Lipinski definition) is 4. The monoisotopic (exact) mass is 412 g/mol. The summed E-state index contributed by atoms with van der Waals surface area (Å²) in [6.07, 6.45) is 2.93. The largest absolute Gasteiger partial charge is 0.493 e. The van der Waals surface area contributed by atoms with Crippen LogP contribution < -0.4 is 14.8 Å². The summed E-state index contributed by atoms with van der Waals surface area (Å²) in [4.78, 5) is 26.9. The minimum Gasteiger partial charge on any atom is -0.493 e. The van der Waals surface area contributed by atoms with Gasteiger partial charge in [-0.2, -0.15) is 0 Å². The van der Waals surface area contributed by atoms with Crippen molar-refractivity contribution in [1.82, 2.24) is 10.2 Å². The number of likely N-dealkylation sites (tertiary alicyclic amines) is 1. The maximum Gasteiger partial charge on any atom is 0.253 e. The fourth-order valence-corrected chi connectivity index (χ4v) is 3.35. The third kappa shape index (κ3) is 5.17. The van der Waals surface area contributed by atoms with Crippen molar-refractivity contribution in [2.45, 2.75) is 18.9 Å². The first kappa shape index (κ1) is 21.4. The summed E-state index contributed by atoms with van der Waals surface area (Å²) in [6, 6.07) is 10.5. The Morgan fingerprint density at radius 3 is 2.43 bits per heavy atom. The number of piperidine rings is 1. The van der Waals surface area contributed by atoms with Crippen LogP contribution in [0.3, 0.4) is 0 Å². The summed E-state index contributed by atoms with van der Waals surface area (Å²) in [6.45, 7) is 5.03. The Hall–Kier alpha value is -3.35. The highest BCUT2D eigenvalue weighted by Crippen LogP contribution is 2.29. The molecular weight excluding hydrogens is 387 g/mol. The maximum absolute atomic E-state index is 13.0. The molecule has 6 nitrogen and oxygen atoms in total. The summed E-state index contributed by atoms with van der Waals surface area (Å²) in [5.74, 6) is 0.335. The highest BCUT2D eigenvalue weighted by Gasteiger charge is 2.25. The topological polar surface area (TPSA) is 67.9 Å². The van der Waals surface area contributed by atoms with Crippen LogP contribution in [0.15, 0.2) is 55.1 Å². The second-order valence-electron chi connectivity index (χ2n) is 7.01. The molecule has 1 saturated heterocycles. The maximum atomic E-state index is 13.0. The van der Waals surface area contributed by atoms with Crippen LogP contribution >= 0.6 is 0 Å². The Bertz CT molecular complexity index is 906. The van der Waals surface area contributed by atoms with Crippen LogP contribution in [0.5, 0.6) is 11.5 Å². The van der Waals surface area contributed by atoms with E-state index in [1.54, 1.807) is 29.2 Å². The van der Waals surface area contributed by atoms with E-state index in [-0.39, 0.29) is 23.7 Å². The predicted molar refractivity (Wildman–Crippen MR) is 111 cm³/mol. The number of rotatable bonds is 7. The molecule has 1 aliphatic heterocycles. The lowest BCUT2D eigenvalue weighted by Crippen LogP contribution is -2.46. The lowest BCUT2D eigenvalue weighted by Gasteiger charge is -2.32. The number of nitrogens with one attached hydrogen (secondary N) is 1. The van der Waals surface area contributed by atoms with Crippen molar-refractivity contribution in [2.24, 2.45) is 0 Å². The molecule has 2 amide bonds. The minimum absolute atomic E-state index is 0.0316. The molecule has 158 valence electrons. The molecule has 1 fully saturated rings. The molecule has 30 heavy (non-hydrogen) atoms. The summed E-state index contributed by atoms with van der Waals surface area (Å²) >= 11 is 0. The van der Waals surface area contributed by atoms with Gasteiger partial charge < -0.3 is 19.7 Å². The standard InChI is InChI=1S/C23H25FN2O4/c1-3-14-30-20-9-6-17(15-21(20)29-2)23(28)26-12-10-19(11-13-26)25-22(27)16-4-7-18(24)8-5-16/h3-9,15,19H,1,10-14H2,2H3,(H,25,27). The fraction of sp³-hybridized carbons (Fsp3) is 0.304. The SMILES string of the molecule is C=CCOc1ccc(C(=O)N2CCC(NC(=O)c3ccc(F)cc3)CC2)cc1OC. The molecule has 0 radical (unpaired) electrons. The lowest BCUT2D eigenvalue weighted by atomic mass is 10.0. The highest BCUT2D eigenvalue weighted by atomic mass is 19.1. The minimum atomic E-state index is -0.379. The zero-order chi connectivity index (χ0) is 21.5. The van der Waals surface area contributed by atoms with Gasteiger partial charge in [0.25, 0.3) is 11.8 Å². The van der Waals surface area contributed by atoms with Gasteiger partial charge in [-0.15, -0.1) is 0 Å². The number of ether oxygens (including phenoxy) is 2. The number of halogens is 1. The van der Waals surface area contributed by atoms with E-state index in [4.69, 9.17) is 9.47 Å². The first-order chi connectivity index (χ1) is 14.5. The number of methoxy groups -OCH3 is 1. The van der Waals surface area contributed by atoms with Gasteiger partial charge in [0.15, 0.2) is 11.5 Å². The van der Waals surface area contributed by atoms with E-state index in [9.17, 15) is 14.0 Å². The average molecular weight is 412 g/mol. The van der Waals surface area contributed by atoms with Gasteiger partial charge in [0.1, 0.15) is 12.4 Å². The summed E-state index contributed by atoms with van der Waals surface area (Å²) in [5, 5.41) is 2.96. The van der Waals surface area contributed by atoms with Gasteiger partial charge in [0.05, 0.1) is 7.11 Å². The number of benzene rings is 2. The van der Waals surface area contributed by atoms with Gasteiger partial charge in [0, 0.05) is 30.3 Å². The quantitative estimate of drug-likeness (QED) is 0.708. The van der Waals surface area contributed by atoms with Crippen LogP contribution in [0, 0.1) is 5.82 Å². The third-order valence-electron chi connectivity index (χ3n) is 4.99. The lowest BCUT2D eigenvalue weighted by molar-refractivity contribution is 0.0697. The number of nitrogens with zero attached hydrogens (tertiary/aromatic N) is 1. The summed E-state index contributed by atoms with van der Waals surface area (Å²) < 4.78 is 23.9. The van der Waals surface area contributed by atoms with Crippen LogP contribution in [0.2, 0.25) is 0 Å². The zero-order valence-corrected chi connectivity index (χ0v) is 16.9. The smallest absolute Gasteiger partial charge is 0.253 e. The number of amides is 2. The van der Waals surface area contributed by atoms with Gasteiger partial charge in [0.2, 0.25) is 0 Å². The normalized spacial score (nSPS) is 14.1. The molecule has 1 aliphatic rings. The van der Waals surface area contributed by atoms with Gasteiger partial charge in [-0.1, -0.05) is 12.7 Å². The molecule has 3 rings (SSSR count). The zero-order valence-electron chi connectivity index (χ0n) is 16.9. The van der Waals surface area contributed by atoms with E-state index in [1.807, 2.05) is 0 Å². The van der Waals surface area contributed by atoms with Crippen LogP contribution in [0.1, 0.15) is 33.6 Å². The number of carbonyl (C=O) groups excluding carboxylic acids is 2. The highest BCUT2D eigenvalue weighted by molar-refractivity contribution is 5.95. The molecule has 2 aromatic carbocycles. The van der Waals surface area contributed by atoms with E-state index in [0.29, 0.717) is 55.2 Å². The van der Waals surface area contributed by atoms with Gasteiger partial charge >= 0.3 is 0 Å². The van der Waals surface area contributed by atoms with Crippen molar-refractivity contribution in [3.8, 4) is 11.5 Å². The molecule has 0 aliphatic carbocycles. The van der Waals surface area contributed by atoms with Crippen LogP contribution in [-0.2, 0) is 0 Å². The Kier molecular flexibility index (Phi) is 7.06. The Labute approximate surface area is 175 Å². The Morgan fingerprint density at radius 2 is 1.80 bits per heavy atom. The number of carbonyl (C=O) groups is 2. The van der Waals surface area contributed by atoms with Gasteiger partial charge in [-0.3, -0.25) is 9.59 Å². The Balaban J connectivity index is 1.56. The van der Waals surface area contributed by atoms with Crippen LogP contribution in [0.4, 0.5) is 4.39 Å². The van der Waals surface area contributed by atoms with Gasteiger partial charge in [-0.05, 0) is 55.3 Å². The molecule has 0 saturated carbocycles. The van der Waals surface area contributed by atoms with Crippen molar-refractivity contribution in [3.63, 3.8) is 0 Å². The first-order valence-corrected chi connectivity index (χ1v) is 9.79.